The maximum absolute atomic E-state index is 12.7. The van der Waals surface area contributed by atoms with E-state index in [1.165, 1.54) is 31.4 Å². The highest BCUT2D eigenvalue weighted by molar-refractivity contribution is 5.29. The smallest absolute Gasteiger partial charge is 0.407 e. The molecule has 1 aromatic carbocycles. The molecule has 0 aromatic heterocycles. The first kappa shape index (κ1) is 13.8. The standard InChI is InChI=1S/C11H14F3NO2/c1-17-9-4-2-8(3-5-9)10(11(12,13)14)15-6-7-16/h2-5,10,15-16H,6-7H2,1H3/t10-/m0/s1. The Bertz CT molecular complexity index is 338. The second-order valence-electron chi connectivity index (χ2n) is 3.43. The molecule has 0 fully saturated rings. The highest BCUT2D eigenvalue weighted by atomic mass is 19.4. The van der Waals surface area contributed by atoms with Crippen molar-refractivity contribution < 1.29 is 23.0 Å². The Morgan fingerprint density at radius 1 is 1.29 bits per heavy atom. The van der Waals surface area contributed by atoms with Crippen LogP contribution in [0.15, 0.2) is 24.3 Å². The summed E-state index contributed by atoms with van der Waals surface area (Å²) in [5, 5.41) is 10.8. The van der Waals surface area contributed by atoms with Gasteiger partial charge in [-0.25, -0.2) is 0 Å². The number of halogens is 3. The molecule has 1 aromatic rings. The average Bonchev–Trinajstić information content (AvgIpc) is 2.29. The third-order valence-corrected chi connectivity index (χ3v) is 2.24. The predicted octanol–water partition coefficient (Wildman–Crippen LogP) is 1.88. The lowest BCUT2D eigenvalue weighted by Crippen LogP contribution is -2.35. The second-order valence-corrected chi connectivity index (χ2v) is 3.43. The Morgan fingerprint density at radius 2 is 1.88 bits per heavy atom. The first-order valence-corrected chi connectivity index (χ1v) is 5.04. The third-order valence-electron chi connectivity index (χ3n) is 2.24. The number of hydrogen-bond donors (Lipinski definition) is 2. The van der Waals surface area contributed by atoms with Crippen LogP contribution in [0.3, 0.4) is 0 Å². The van der Waals surface area contributed by atoms with Crippen LogP contribution in [0.25, 0.3) is 0 Å². The third kappa shape index (κ3) is 3.90. The molecule has 1 rings (SSSR count). The minimum Gasteiger partial charge on any atom is -0.497 e. The number of aliphatic hydroxyl groups excluding tert-OH is 1. The zero-order valence-corrected chi connectivity index (χ0v) is 9.29. The summed E-state index contributed by atoms with van der Waals surface area (Å²) in [6, 6.07) is 3.85. The van der Waals surface area contributed by atoms with Gasteiger partial charge in [0.2, 0.25) is 0 Å². The Hall–Kier alpha value is -1.27. The summed E-state index contributed by atoms with van der Waals surface area (Å²) in [5.74, 6) is 0.497. The summed E-state index contributed by atoms with van der Waals surface area (Å²) >= 11 is 0. The normalized spacial score (nSPS) is 13.5. The van der Waals surface area contributed by atoms with Crippen LogP contribution in [0.4, 0.5) is 13.2 Å². The summed E-state index contributed by atoms with van der Waals surface area (Å²) in [6.45, 7) is -0.459. The molecule has 3 nitrogen and oxygen atoms in total. The van der Waals surface area contributed by atoms with E-state index >= 15 is 0 Å². The van der Waals surface area contributed by atoms with Gasteiger partial charge in [-0.15, -0.1) is 0 Å². The summed E-state index contributed by atoms with van der Waals surface area (Å²) < 4.78 is 43.1. The van der Waals surface area contributed by atoms with E-state index < -0.39 is 12.2 Å². The molecular weight excluding hydrogens is 235 g/mol. The van der Waals surface area contributed by atoms with Crippen LogP contribution in [0.2, 0.25) is 0 Å². The molecule has 96 valence electrons. The van der Waals surface area contributed by atoms with Crippen LogP contribution >= 0.6 is 0 Å². The zero-order chi connectivity index (χ0) is 12.9. The number of rotatable bonds is 5. The minimum atomic E-state index is -4.40. The zero-order valence-electron chi connectivity index (χ0n) is 9.29. The number of benzene rings is 1. The van der Waals surface area contributed by atoms with Crippen molar-refractivity contribution in [3.8, 4) is 5.75 Å². The van der Waals surface area contributed by atoms with Gasteiger partial charge < -0.3 is 15.2 Å². The Balaban J connectivity index is 2.88. The molecule has 0 saturated carbocycles. The number of methoxy groups -OCH3 is 1. The Labute approximate surface area is 97.2 Å². The van der Waals surface area contributed by atoms with Crippen molar-refractivity contribution in [1.29, 1.82) is 0 Å². The summed E-state index contributed by atoms with van der Waals surface area (Å²) in [5.41, 5.74) is 0.0896. The molecule has 1 atom stereocenters. The van der Waals surface area contributed by atoms with Crippen LogP contribution in [0.5, 0.6) is 5.75 Å². The van der Waals surface area contributed by atoms with E-state index in [9.17, 15) is 13.2 Å². The molecule has 0 aliphatic heterocycles. The van der Waals surface area contributed by atoms with Gasteiger partial charge >= 0.3 is 6.18 Å². The molecule has 0 aliphatic rings. The predicted molar refractivity (Wildman–Crippen MR) is 56.9 cm³/mol. The first-order valence-electron chi connectivity index (χ1n) is 5.04. The number of ether oxygens (including phenoxy) is 1. The first-order chi connectivity index (χ1) is 7.99. The van der Waals surface area contributed by atoms with Gasteiger partial charge in [-0.3, -0.25) is 0 Å². The monoisotopic (exact) mass is 249 g/mol. The van der Waals surface area contributed by atoms with E-state index in [2.05, 4.69) is 5.32 Å². The Morgan fingerprint density at radius 3 is 2.29 bits per heavy atom. The fourth-order valence-electron chi connectivity index (χ4n) is 1.43. The average molecular weight is 249 g/mol. The van der Waals surface area contributed by atoms with Crippen LogP contribution < -0.4 is 10.1 Å². The lowest BCUT2D eigenvalue weighted by molar-refractivity contribution is -0.158. The lowest BCUT2D eigenvalue weighted by Gasteiger charge is -2.21. The van der Waals surface area contributed by atoms with Crippen molar-refractivity contribution in [3.05, 3.63) is 29.8 Å². The fraction of sp³-hybridized carbons (Fsp3) is 0.455. The molecule has 0 saturated heterocycles. The van der Waals surface area contributed by atoms with Crippen LogP contribution in [-0.2, 0) is 0 Å². The van der Waals surface area contributed by atoms with E-state index in [-0.39, 0.29) is 18.7 Å². The van der Waals surface area contributed by atoms with E-state index in [1.807, 2.05) is 0 Å². The van der Waals surface area contributed by atoms with Gasteiger partial charge in [0.05, 0.1) is 13.7 Å². The molecule has 0 amide bonds. The molecule has 17 heavy (non-hydrogen) atoms. The molecular formula is C11H14F3NO2. The maximum Gasteiger partial charge on any atom is 0.407 e. The van der Waals surface area contributed by atoms with Crippen molar-refractivity contribution in [1.82, 2.24) is 5.32 Å². The molecule has 6 heteroatoms. The van der Waals surface area contributed by atoms with Gasteiger partial charge in [0.15, 0.2) is 0 Å². The van der Waals surface area contributed by atoms with Crippen LogP contribution in [0, 0.1) is 0 Å². The molecule has 0 spiro atoms. The van der Waals surface area contributed by atoms with Crippen molar-refractivity contribution in [3.63, 3.8) is 0 Å². The summed E-state index contributed by atoms with van der Waals surface area (Å²) in [7, 11) is 1.44. The minimum absolute atomic E-state index is 0.0896. The molecule has 0 heterocycles. The number of hydrogen-bond acceptors (Lipinski definition) is 3. The highest BCUT2D eigenvalue weighted by Gasteiger charge is 2.40. The highest BCUT2D eigenvalue weighted by Crippen LogP contribution is 2.33. The molecule has 2 N–H and O–H groups in total. The van der Waals surface area contributed by atoms with E-state index in [4.69, 9.17) is 9.84 Å². The number of nitrogens with one attached hydrogen (secondary N) is 1. The van der Waals surface area contributed by atoms with Crippen LogP contribution in [0.1, 0.15) is 11.6 Å². The van der Waals surface area contributed by atoms with Gasteiger partial charge in [0, 0.05) is 6.54 Å². The van der Waals surface area contributed by atoms with Gasteiger partial charge in [-0.2, -0.15) is 13.2 Å². The molecule has 0 aliphatic carbocycles. The van der Waals surface area contributed by atoms with Gasteiger partial charge in [0.1, 0.15) is 11.8 Å². The number of alkyl halides is 3. The maximum atomic E-state index is 12.7. The summed E-state index contributed by atoms with van der Waals surface area (Å²) in [4.78, 5) is 0. The van der Waals surface area contributed by atoms with Crippen LogP contribution in [-0.4, -0.2) is 31.5 Å². The van der Waals surface area contributed by atoms with Gasteiger partial charge in [-0.05, 0) is 17.7 Å². The largest absolute Gasteiger partial charge is 0.497 e. The van der Waals surface area contributed by atoms with Crippen molar-refractivity contribution in [2.24, 2.45) is 0 Å². The summed E-state index contributed by atoms with van der Waals surface area (Å²) in [6.07, 6.45) is -4.40. The van der Waals surface area contributed by atoms with E-state index in [1.54, 1.807) is 0 Å². The molecule has 0 radical (unpaired) electrons. The Kier molecular flexibility index (Phi) is 4.77. The van der Waals surface area contributed by atoms with Crippen molar-refractivity contribution in [2.75, 3.05) is 20.3 Å². The SMILES string of the molecule is COc1ccc([C@H](NCCO)C(F)(F)F)cc1. The van der Waals surface area contributed by atoms with Gasteiger partial charge in [-0.1, -0.05) is 12.1 Å². The lowest BCUT2D eigenvalue weighted by atomic mass is 10.1. The molecule has 0 unspecified atom stereocenters. The molecule has 0 bridgehead atoms. The second kappa shape index (κ2) is 5.88. The van der Waals surface area contributed by atoms with E-state index in [0.717, 1.165) is 0 Å². The van der Waals surface area contributed by atoms with Gasteiger partial charge in [0.25, 0.3) is 0 Å². The van der Waals surface area contributed by atoms with E-state index in [0.29, 0.717) is 5.75 Å². The van der Waals surface area contributed by atoms with Crippen molar-refractivity contribution in [2.45, 2.75) is 12.2 Å². The fourth-order valence-corrected chi connectivity index (χ4v) is 1.43. The number of aliphatic hydroxyl groups is 1. The van der Waals surface area contributed by atoms with Crippen molar-refractivity contribution >= 4 is 0 Å². The quantitative estimate of drug-likeness (QED) is 0.837. The topological polar surface area (TPSA) is 41.5 Å².